The predicted octanol–water partition coefficient (Wildman–Crippen LogP) is 2.49. The molecule has 0 saturated carbocycles. The van der Waals surface area contributed by atoms with Crippen molar-refractivity contribution in [2.45, 2.75) is 24.7 Å². The first-order valence-electron chi connectivity index (χ1n) is 7.07. The van der Waals surface area contributed by atoms with Crippen molar-refractivity contribution in [1.29, 1.82) is 0 Å². The van der Waals surface area contributed by atoms with Crippen molar-refractivity contribution < 1.29 is 24.4 Å². The molecule has 0 amide bonds. The van der Waals surface area contributed by atoms with E-state index in [1.807, 2.05) is 16.8 Å². The summed E-state index contributed by atoms with van der Waals surface area (Å²) in [6, 6.07) is 1.83. The summed E-state index contributed by atoms with van der Waals surface area (Å²) in [6.07, 6.45) is 3.08. The van der Waals surface area contributed by atoms with Gasteiger partial charge in [-0.1, -0.05) is 0 Å². The molecule has 0 bridgehead atoms. The number of carbonyl (C=O) groups excluding carboxylic acids is 2. The molecule has 1 saturated heterocycles. The molecule has 2 heterocycles. The van der Waals surface area contributed by atoms with E-state index in [4.69, 9.17) is 10.2 Å². The van der Waals surface area contributed by atoms with E-state index >= 15 is 0 Å². The molecule has 24 heavy (non-hydrogen) atoms. The Balaban J connectivity index is 0.000000331. The second kappa shape index (κ2) is 13.4. The lowest BCUT2D eigenvalue weighted by Gasteiger charge is -2.19. The van der Waals surface area contributed by atoms with E-state index < -0.39 is 0 Å². The number of nitrogens with zero attached hydrogens (tertiary/aromatic N) is 1. The molecule has 1 aromatic heterocycles. The number of hydrogen-bond acceptors (Lipinski definition) is 7. The van der Waals surface area contributed by atoms with Gasteiger partial charge in [-0.15, -0.1) is 23.5 Å². The maximum Gasteiger partial charge on any atom is 0.171 e. The number of allylic oxidation sites excluding steroid dienone is 1. The van der Waals surface area contributed by atoms with E-state index in [0.717, 1.165) is 5.56 Å². The molecule has 1 fully saturated rings. The number of thioether (sulfide) groups is 2. The van der Waals surface area contributed by atoms with Crippen molar-refractivity contribution in [2.24, 2.45) is 0 Å². The molecule has 1 aliphatic rings. The summed E-state index contributed by atoms with van der Waals surface area (Å²) in [5, 5.41) is 21.5. The van der Waals surface area contributed by atoms with Crippen molar-refractivity contribution in [3.8, 4) is 0 Å². The van der Waals surface area contributed by atoms with Gasteiger partial charge in [-0.25, -0.2) is 4.58 Å². The van der Waals surface area contributed by atoms with Gasteiger partial charge in [-0.2, -0.15) is 11.3 Å². The SMILES string of the molecule is C=[N+](C)/C=C/C(C)=O.CC(=O)c1ccsc1.OC1CSC(O)CS1. The van der Waals surface area contributed by atoms with Crippen LogP contribution in [-0.4, -0.2) is 62.5 Å². The number of carbonyl (C=O) groups is 2. The Morgan fingerprint density at radius 1 is 1.25 bits per heavy atom. The van der Waals surface area contributed by atoms with Gasteiger partial charge in [0.25, 0.3) is 0 Å². The second-order valence-electron chi connectivity index (χ2n) is 4.83. The van der Waals surface area contributed by atoms with E-state index in [-0.39, 0.29) is 22.4 Å². The van der Waals surface area contributed by atoms with E-state index in [2.05, 4.69) is 6.72 Å². The van der Waals surface area contributed by atoms with Crippen LogP contribution >= 0.6 is 34.9 Å². The van der Waals surface area contributed by atoms with Crippen LogP contribution in [0.5, 0.6) is 0 Å². The molecule has 2 N–H and O–H groups in total. The smallest absolute Gasteiger partial charge is 0.171 e. The molecule has 2 unspecified atom stereocenters. The molecule has 0 spiro atoms. The van der Waals surface area contributed by atoms with Crippen LogP contribution < -0.4 is 0 Å². The number of aliphatic hydroxyl groups excluding tert-OH is 2. The zero-order chi connectivity index (χ0) is 18.5. The first kappa shape index (κ1) is 23.1. The molecule has 0 radical (unpaired) electrons. The third-order valence-corrected chi connectivity index (χ3v) is 5.58. The van der Waals surface area contributed by atoms with E-state index in [9.17, 15) is 9.59 Å². The molecule has 2 rings (SSSR count). The Bertz CT molecular complexity index is 510. The minimum Gasteiger partial charge on any atom is -0.382 e. The monoisotopic (exact) mass is 390 g/mol. The zero-order valence-corrected chi connectivity index (χ0v) is 16.5. The normalized spacial score (nSPS) is 19.5. The van der Waals surface area contributed by atoms with Gasteiger partial charge in [-0.3, -0.25) is 9.59 Å². The third-order valence-electron chi connectivity index (χ3n) is 2.35. The maximum absolute atomic E-state index is 10.5. The van der Waals surface area contributed by atoms with Crippen LogP contribution in [0.1, 0.15) is 24.2 Å². The summed E-state index contributed by atoms with van der Waals surface area (Å²) in [4.78, 5) is 20.7. The summed E-state index contributed by atoms with van der Waals surface area (Å²) >= 11 is 4.37. The topological polar surface area (TPSA) is 77.6 Å². The third kappa shape index (κ3) is 13.5. The molecule has 2 atom stereocenters. The molecule has 5 nitrogen and oxygen atoms in total. The van der Waals surface area contributed by atoms with Gasteiger partial charge < -0.3 is 10.2 Å². The Morgan fingerprint density at radius 3 is 2.00 bits per heavy atom. The van der Waals surface area contributed by atoms with Crippen LogP contribution in [0.15, 0.2) is 29.1 Å². The molecule has 0 aromatic carbocycles. The molecule has 134 valence electrons. The van der Waals surface area contributed by atoms with Crippen molar-refractivity contribution in [2.75, 3.05) is 18.6 Å². The fraction of sp³-hybridized carbons (Fsp3) is 0.438. The summed E-state index contributed by atoms with van der Waals surface area (Å²) in [5.74, 6) is 1.50. The lowest BCUT2D eigenvalue weighted by molar-refractivity contribution is -0.411. The Morgan fingerprint density at radius 2 is 1.79 bits per heavy atom. The first-order chi connectivity index (χ1) is 11.2. The number of thiophene rings is 1. The van der Waals surface area contributed by atoms with E-state index in [0.29, 0.717) is 11.5 Å². The van der Waals surface area contributed by atoms with Gasteiger partial charge in [0.2, 0.25) is 0 Å². The van der Waals surface area contributed by atoms with Crippen molar-refractivity contribution in [1.82, 2.24) is 0 Å². The Labute approximate surface area is 155 Å². The van der Waals surface area contributed by atoms with Gasteiger partial charge >= 0.3 is 0 Å². The largest absolute Gasteiger partial charge is 0.382 e. The molecular weight excluding hydrogens is 366 g/mol. The lowest BCUT2D eigenvalue weighted by atomic mass is 10.2. The second-order valence-corrected chi connectivity index (χ2v) is 8.03. The quantitative estimate of drug-likeness (QED) is 0.357. The van der Waals surface area contributed by atoms with E-state index in [1.165, 1.54) is 36.5 Å². The minimum atomic E-state index is -0.261. The molecule has 8 heteroatoms. The highest BCUT2D eigenvalue weighted by molar-refractivity contribution is 8.06. The molecule has 0 aliphatic carbocycles. The van der Waals surface area contributed by atoms with Gasteiger partial charge in [0.1, 0.15) is 24.6 Å². The van der Waals surface area contributed by atoms with Crippen molar-refractivity contribution in [3.05, 3.63) is 34.7 Å². The average Bonchev–Trinajstić information content (AvgIpc) is 3.04. The van der Waals surface area contributed by atoms with Crippen LogP contribution in [0.2, 0.25) is 0 Å². The predicted molar refractivity (Wildman–Crippen MR) is 104 cm³/mol. The highest BCUT2D eigenvalue weighted by Crippen LogP contribution is 2.26. The number of aliphatic hydroxyl groups is 2. The summed E-state index contributed by atoms with van der Waals surface area (Å²) < 4.78 is 1.57. The summed E-state index contributed by atoms with van der Waals surface area (Å²) in [7, 11) is 1.76. The zero-order valence-electron chi connectivity index (χ0n) is 14.0. The highest BCUT2D eigenvalue weighted by Gasteiger charge is 2.16. The van der Waals surface area contributed by atoms with Crippen molar-refractivity contribution >= 4 is 53.1 Å². The number of rotatable bonds is 3. The summed E-state index contributed by atoms with van der Waals surface area (Å²) in [6.45, 7) is 6.58. The van der Waals surface area contributed by atoms with Crippen LogP contribution in [0.25, 0.3) is 0 Å². The fourth-order valence-corrected chi connectivity index (χ4v) is 3.89. The average molecular weight is 391 g/mol. The van der Waals surface area contributed by atoms with Crippen LogP contribution in [0.3, 0.4) is 0 Å². The number of Topliss-reactive ketones (excluding diaryl/α,β-unsaturated/α-hetero) is 1. The minimum absolute atomic E-state index is 0.0421. The van der Waals surface area contributed by atoms with Gasteiger partial charge in [-0.05, 0) is 25.3 Å². The van der Waals surface area contributed by atoms with Crippen LogP contribution in [-0.2, 0) is 4.79 Å². The molecule has 1 aromatic rings. The van der Waals surface area contributed by atoms with Gasteiger partial charge in [0.05, 0.1) is 0 Å². The van der Waals surface area contributed by atoms with Gasteiger partial charge in [0, 0.05) is 28.5 Å². The lowest BCUT2D eigenvalue weighted by Crippen LogP contribution is -2.19. The summed E-state index contributed by atoms with van der Waals surface area (Å²) in [5.41, 5.74) is 0.293. The van der Waals surface area contributed by atoms with Crippen molar-refractivity contribution in [3.63, 3.8) is 0 Å². The van der Waals surface area contributed by atoms with Crippen LogP contribution in [0.4, 0.5) is 0 Å². The molecule has 1 aliphatic heterocycles. The maximum atomic E-state index is 10.5. The standard InChI is InChI=1S/C6H10NO.C6H6OS.C4H8O2S2/c1-6(8)4-5-7(2)3;1-5(7)6-2-3-8-4-6;5-3-1-7-4(6)2-8-3/h4-5H,2H2,1,3H3;2-4H,1H3;3-6H,1-2H2/q+1;;/b5-4+;;. The highest BCUT2D eigenvalue weighted by atomic mass is 32.2. The number of ketones is 2. The Kier molecular flexibility index (Phi) is 12.9. The molecular formula is C16H24NO4S3+. The Hall–Kier alpha value is -0.930. The van der Waals surface area contributed by atoms with Crippen LogP contribution in [0, 0.1) is 0 Å². The fourth-order valence-electron chi connectivity index (χ4n) is 1.18. The number of hydrogen-bond donors (Lipinski definition) is 2. The first-order valence-corrected chi connectivity index (χ1v) is 10.1. The van der Waals surface area contributed by atoms with Gasteiger partial charge in [0.15, 0.2) is 17.8 Å². The van der Waals surface area contributed by atoms with E-state index in [1.54, 1.807) is 36.1 Å².